The number of carbonyl (C=O) groups excluding carboxylic acids is 3. The third kappa shape index (κ3) is 8.46. The molecule has 1 aliphatic heterocycles. The fourth-order valence-corrected chi connectivity index (χ4v) is 4.55. The molecule has 0 radical (unpaired) electrons. The maximum atomic E-state index is 13.1. The number of alkyl halides is 3. The van der Waals surface area contributed by atoms with E-state index in [0.717, 1.165) is 20.8 Å². The molecule has 12 nitrogen and oxygen atoms in total. The second-order valence-electron chi connectivity index (χ2n) is 7.40. The average Bonchev–Trinajstić information content (AvgIpc) is 2.75. The minimum absolute atomic E-state index is 0.173. The third-order valence-corrected chi connectivity index (χ3v) is 6.53. The lowest BCUT2D eigenvalue weighted by Crippen LogP contribution is -2.67. The van der Waals surface area contributed by atoms with Crippen molar-refractivity contribution in [3.8, 4) is 0 Å². The summed E-state index contributed by atoms with van der Waals surface area (Å²) < 4.78 is 52.7. The van der Waals surface area contributed by atoms with E-state index >= 15 is 0 Å². The minimum atomic E-state index is -4.32. The topological polar surface area (TPSA) is 167 Å². The van der Waals surface area contributed by atoms with E-state index in [2.05, 4.69) is 4.72 Å². The Balaban J connectivity index is 2.58. The van der Waals surface area contributed by atoms with Crippen LogP contribution in [0.2, 0.25) is 0 Å². The quantitative estimate of drug-likeness (QED) is 0.150. The van der Waals surface area contributed by atoms with Gasteiger partial charge in [-0.2, -0.15) is 4.72 Å². The van der Waals surface area contributed by atoms with Gasteiger partial charge in [0, 0.05) is 20.8 Å². The number of nitrogens with one attached hydrogen (secondary N) is 2. The summed E-state index contributed by atoms with van der Waals surface area (Å²) in [7, 11) is -4.32. The molecular formula is C20H23Cl3N2O10S. The predicted molar refractivity (Wildman–Crippen MR) is 126 cm³/mol. The van der Waals surface area contributed by atoms with Crippen molar-refractivity contribution in [2.45, 2.75) is 60.1 Å². The Kier molecular flexibility index (Phi) is 10.3. The Morgan fingerprint density at radius 3 is 2.03 bits per heavy atom. The molecule has 1 fully saturated rings. The van der Waals surface area contributed by atoms with Gasteiger partial charge in [0.15, 0.2) is 12.2 Å². The summed E-state index contributed by atoms with van der Waals surface area (Å²) >= 11 is 17.1. The van der Waals surface area contributed by atoms with Gasteiger partial charge in [-0.15, -0.1) is 0 Å². The second-order valence-corrected chi connectivity index (χ2v) is 11.4. The zero-order valence-electron chi connectivity index (χ0n) is 19.1. The molecule has 0 aliphatic carbocycles. The molecule has 1 aromatic rings. The Hall–Kier alpha value is -2.16. The molecule has 0 amide bonds. The molecule has 0 spiro atoms. The first kappa shape index (κ1) is 30.1. The number of hydrogen-bond acceptors (Lipinski definition) is 11. The Morgan fingerprint density at radius 1 is 0.972 bits per heavy atom. The van der Waals surface area contributed by atoms with Crippen LogP contribution in [-0.4, -0.2) is 73.3 Å². The van der Waals surface area contributed by atoms with Gasteiger partial charge >= 0.3 is 17.9 Å². The van der Waals surface area contributed by atoms with Crippen molar-refractivity contribution in [1.82, 2.24) is 4.72 Å². The molecule has 0 bridgehead atoms. The van der Waals surface area contributed by atoms with Gasteiger partial charge in [-0.25, -0.2) is 8.42 Å². The van der Waals surface area contributed by atoms with Crippen molar-refractivity contribution in [2.24, 2.45) is 0 Å². The molecular weight excluding hydrogens is 567 g/mol. The first-order valence-corrected chi connectivity index (χ1v) is 12.8. The van der Waals surface area contributed by atoms with E-state index in [4.69, 9.17) is 63.9 Å². The maximum absolute atomic E-state index is 13.1. The minimum Gasteiger partial charge on any atom is -0.463 e. The summed E-state index contributed by atoms with van der Waals surface area (Å²) in [6.45, 7) is 2.67. The van der Waals surface area contributed by atoms with Crippen LogP contribution in [0.25, 0.3) is 0 Å². The number of halogens is 3. The summed E-state index contributed by atoms with van der Waals surface area (Å²) in [5.41, 5.74) is 0. The van der Waals surface area contributed by atoms with Crippen LogP contribution >= 0.6 is 34.8 Å². The lowest BCUT2D eigenvalue weighted by Gasteiger charge is -2.44. The van der Waals surface area contributed by atoms with Crippen molar-refractivity contribution < 1.29 is 46.5 Å². The van der Waals surface area contributed by atoms with Crippen LogP contribution in [0.3, 0.4) is 0 Å². The van der Waals surface area contributed by atoms with Crippen LogP contribution in [0.4, 0.5) is 0 Å². The molecule has 0 saturated carbocycles. The van der Waals surface area contributed by atoms with Gasteiger partial charge in [-0.1, -0.05) is 53.0 Å². The van der Waals surface area contributed by atoms with E-state index in [1.807, 2.05) is 0 Å². The lowest BCUT2D eigenvalue weighted by atomic mass is 9.97. The number of esters is 3. The average molecular weight is 590 g/mol. The molecule has 1 aliphatic rings. The van der Waals surface area contributed by atoms with Crippen LogP contribution in [0, 0.1) is 5.41 Å². The summed E-state index contributed by atoms with van der Waals surface area (Å²) in [5.74, 6) is -3.40. The summed E-state index contributed by atoms with van der Waals surface area (Å²) in [6.07, 6.45) is -6.18. The number of carbonyl (C=O) groups is 3. The standard InChI is InChI=1S/C20H23Cl3N2O10S/c1-10(26)31-9-14-16(32-11(2)27)17(33-12(3)28)15(18(34-14)35-19(24)20(21,22)23)25-36(29,30)13-7-5-4-6-8-13/h4-8,14-18,24-25H,9H2,1-3H3/t14-,15-,16-,17-,18-/m1/s1. The van der Waals surface area contributed by atoms with E-state index < -0.39 is 74.9 Å². The normalized spacial score (nSPS) is 24.3. The fourth-order valence-electron chi connectivity index (χ4n) is 3.16. The zero-order chi connectivity index (χ0) is 27.3. The highest BCUT2D eigenvalue weighted by atomic mass is 35.6. The maximum Gasteiger partial charge on any atom is 0.303 e. The number of benzene rings is 1. The summed E-state index contributed by atoms with van der Waals surface area (Å²) in [4.78, 5) is 35.0. The Labute approximate surface area is 221 Å². The molecule has 200 valence electrons. The molecule has 36 heavy (non-hydrogen) atoms. The van der Waals surface area contributed by atoms with E-state index in [9.17, 15) is 22.8 Å². The van der Waals surface area contributed by atoms with E-state index in [1.165, 1.54) is 24.3 Å². The van der Waals surface area contributed by atoms with Gasteiger partial charge in [0.25, 0.3) is 3.79 Å². The second kappa shape index (κ2) is 12.4. The molecule has 1 saturated heterocycles. The molecule has 0 aromatic heterocycles. The Morgan fingerprint density at radius 2 is 1.53 bits per heavy atom. The van der Waals surface area contributed by atoms with E-state index in [0.29, 0.717) is 0 Å². The van der Waals surface area contributed by atoms with Gasteiger partial charge in [-0.05, 0) is 12.1 Å². The van der Waals surface area contributed by atoms with Gasteiger partial charge < -0.3 is 23.7 Å². The number of hydrogen-bond donors (Lipinski definition) is 2. The van der Waals surface area contributed by atoms with Gasteiger partial charge in [-0.3, -0.25) is 19.8 Å². The van der Waals surface area contributed by atoms with Crippen molar-refractivity contribution in [3.63, 3.8) is 0 Å². The Bertz CT molecular complexity index is 1080. The van der Waals surface area contributed by atoms with Crippen LogP contribution in [0.1, 0.15) is 20.8 Å². The zero-order valence-corrected chi connectivity index (χ0v) is 22.2. The van der Waals surface area contributed by atoms with Crippen LogP contribution in [-0.2, 0) is 48.1 Å². The summed E-state index contributed by atoms with van der Waals surface area (Å²) in [5, 5.41) is 7.91. The smallest absolute Gasteiger partial charge is 0.303 e. The monoisotopic (exact) mass is 588 g/mol. The number of sulfonamides is 1. The van der Waals surface area contributed by atoms with Gasteiger partial charge in [0.2, 0.25) is 22.2 Å². The van der Waals surface area contributed by atoms with Gasteiger partial charge in [0.1, 0.15) is 18.8 Å². The number of ether oxygens (including phenoxy) is 5. The summed E-state index contributed by atoms with van der Waals surface area (Å²) in [6, 6.07) is 5.48. The molecule has 2 rings (SSSR count). The molecule has 5 atom stereocenters. The van der Waals surface area contributed by atoms with Crippen LogP contribution < -0.4 is 4.72 Å². The first-order chi connectivity index (χ1) is 16.6. The highest BCUT2D eigenvalue weighted by Crippen LogP contribution is 2.33. The van der Waals surface area contributed by atoms with E-state index in [-0.39, 0.29) is 4.90 Å². The highest BCUT2D eigenvalue weighted by molar-refractivity contribution is 7.89. The predicted octanol–water partition coefficient (Wildman–Crippen LogP) is 1.85. The van der Waals surface area contributed by atoms with Crippen LogP contribution in [0.5, 0.6) is 0 Å². The number of rotatable bonds is 8. The highest BCUT2D eigenvalue weighted by Gasteiger charge is 2.53. The van der Waals surface area contributed by atoms with E-state index in [1.54, 1.807) is 6.07 Å². The molecule has 2 N–H and O–H groups in total. The lowest BCUT2D eigenvalue weighted by molar-refractivity contribution is -0.258. The van der Waals surface area contributed by atoms with Crippen LogP contribution in [0.15, 0.2) is 35.2 Å². The van der Waals surface area contributed by atoms with Gasteiger partial charge in [0.05, 0.1) is 4.90 Å². The molecule has 0 unspecified atom stereocenters. The molecule has 16 heteroatoms. The largest absolute Gasteiger partial charge is 0.463 e. The van der Waals surface area contributed by atoms with Crippen molar-refractivity contribution in [3.05, 3.63) is 30.3 Å². The van der Waals surface area contributed by atoms with Crippen molar-refractivity contribution in [1.29, 1.82) is 5.41 Å². The van der Waals surface area contributed by atoms with Crippen molar-refractivity contribution in [2.75, 3.05) is 6.61 Å². The first-order valence-electron chi connectivity index (χ1n) is 10.1. The third-order valence-electron chi connectivity index (χ3n) is 4.54. The fraction of sp³-hybridized carbons (Fsp3) is 0.500. The molecule has 1 aromatic carbocycles. The van der Waals surface area contributed by atoms with Crippen molar-refractivity contribution >= 4 is 68.6 Å². The molecule has 1 heterocycles. The SMILES string of the molecule is CC(=O)OC[C@H]1O[C@H](OC(=N)C(Cl)(Cl)Cl)[C@H](NS(=O)(=O)c2ccccc2)[C@@H](OC(C)=O)[C@@H]1OC(C)=O.